The van der Waals surface area contributed by atoms with Crippen LogP contribution < -0.4 is 14.8 Å². The van der Waals surface area contributed by atoms with Crippen LogP contribution in [-0.2, 0) is 9.63 Å². The van der Waals surface area contributed by atoms with E-state index in [9.17, 15) is 4.79 Å². The van der Waals surface area contributed by atoms with Crippen molar-refractivity contribution in [2.45, 2.75) is 38.6 Å². The van der Waals surface area contributed by atoms with E-state index in [1.807, 2.05) is 18.2 Å². The quantitative estimate of drug-likeness (QED) is 0.669. The third kappa shape index (κ3) is 4.15. The van der Waals surface area contributed by atoms with Crippen molar-refractivity contribution < 1.29 is 19.1 Å². The lowest BCUT2D eigenvalue weighted by Gasteiger charge is -2.29. The lowest BCUT2D eigenvalue weighted by atomic mass is 9.86. The topological polar surface area (TPSA) is 69.2 Å². The lowest BCUT2D eigenvalue weighted by molar-refractivity contribution is -0.126. The van der Waals surface area contributed by atoms with Gasteiger partial charge in [0.25, 0.3) is 5.91 Å². The summed E-state index contributed by atoms with van der Waals surface area (Å²) in [5, 5.41) is 6.86. The molecule has 1 amide bonds. The maximum Gasteiger partial charge on any atom is 0.261 e. The van der Waals surface area contributed by atoms with E-state index in [0.717, 1.165) is 17.7 Å². The minimum Gasteiger partial charge on any atom is -0.454 e. The van der Waals surface area contributed by atoms with Gasteiger partial charge in [-0.25, -0.2) is 0 Å². The lowest BCUT2D eigenvalue weighted by Crippen LogP contribution is -2.42. The molecule has 6 heteroatoms. The maximum atomic E-state index is 11.9. The number of hydrogen-bond acceptors (Lipinski definition) is 5. The molecule has 6 nitrogen and oxygen atoms in total. The van der Waals surface area contributed by atoms with Crippen LogP contribution in [0.2, 0.25) is 0 Å². The van der Waals surface area contributed by atoms with Crippen LogP contribution >= 0.6 is 0 Å². The predicted octanol–water partition coefficient (Wildman–Crippen LogP) is 2.46. The van der Waals surface area contributed by atoms with Crippen LogP contribution in [-0.4, -0.2) is 31.6 Å². The van der Waals surface area contributed by atoms with E-state index in [4.69, 9.17) is 14.3 Å². The Kier molecular flexibility index (Phi) is 5.00. The molecule has 1 aromatic rings. The average molecular weight is 318 g/mol. The molecule has 1 aliphatic heterocycles. The van der Waals surface area contributed by atoms with Crippen LogP contribution in [0.15, 0.2) is 23.4 Å². The first-order chi connectivity index (χ1) is 11.2. The Morgan fingerprint density at radius 3 is 3.04 bits per heavy atom. The van der Waals surface area contributed by atoms with Gasteiger partial charge >= 0.3 is 0 Å². The molecule has 3 rings (SSSR count). The highest BCUT2D eigenvalue weighted by molar-refractivity contribution is 5.81. The van der Waals surface area contributed by atoms with Crippen LogP contribution in [0.5, 0.6) is 11.5 Å². The van der Waals surface area contributed by atoms with E-state index in [0.29, 0.717) is 11.7 Å². The molecule has 0 bridgehead atoms. The highest BCUT2D eigenvalue weighted by Crippen LogP contribution is 2.32. The fraction of sp³-hybridized carbons (Fsp3) is 0.529. The van der Waals surface area contributed by atoms with E-state index in [1.54, 1.807) is 6.21 Å². The van der Waals surface area contributed by atoms with Gasteiger partial charge in [0, 0.05) is 11.6 Å². The van der Waals surface area contributed by atoms with E-state index in [-0.39, 0.29) is 25.3 Å². The minimum atomic E-state index is -0.119. The van der Waals surface area contributed by atoms with Crippen LogP contribution in [0.3, 0.4) is 0 Å². The zero-order valence-electron chi connectivity index (χ0n) is 13.3. The van der Waals surface area contributed by atoms with Crippen LogP contribution in [0, 0.1) is 5.92 Å². The Balaban J connectivity index is 1.42. The smallest absolute Gasteiger partial charge is 0.261 e. The minimum absolute atomic E-state index is 0.0652. The van der Waals surface area contributed by atoms with Crippen molar-refractivity contribution in [2.24, 2.45) is 11.1 Å². The highest BCUT2D eigenvalue weighted by atomic mass is 16.7. The fourth-order valence-electron chi connectivity index (χ4n) is 2.97. The van der Waals surface area contributed by atoms with Gasteiger partial charge in [-0.2, -0.15) is 0 Å². The summed E-state index contributed by atoms with van der Waals surface area (Å²) in [6.07, 6.45) is 6.21. The van der Waals surface area contributed by atoms with Crippen molar-refractivity contribution in [3.8, 4) is 11.5 Å². The van der Waals surface area contributed by atoms with Gasteiger partial charge in [-0.1, -0.05) is 24.9 Å². The Morgan fingerprint density at radius 2 is 2.17 bits per heavy atom. The third-order valence-corrected chi connectivity index (χ3v) is 4.33. The molecule has 2 unspecified atom stereocenters. The number of carbonyl (C=O) groups excluding carboxylic acids is 1. The molecule has 1 saturated carbocycles. The second kappa shape index (κ2) is 7.35. The molecule has 1 aromatic carbocycles. The number of nitrogens with one attached hydrogen (secondary N) is 1. The Hall–Kier alpha value is -2.24. The second-order valence-corrected chi connectivity index (χ2v) is 6.06. The molecule has 0 spiro atoms. The molecule has 1 fully saturated rings. The number of benzene rings is 1. The summed E-state index contributed by atoms with van der Waals surface area (Å²) in [7, 11) is 0. The summed E-state index contributed by atoms with van der Waals surface area (Å²) in [4.78, 5) is 17.0. The van der Waals surface area contributed by atoms with E-state index < -0.39 is 0 Å². The van der Waals surface area contributed by atoms with Crippen molar-refractivity contribution in [3.05, 3.63) is 23.8 Å². The van der Waals surface area contributed by atoms with Crippen molar-refractivity contribution in [3.63, 3.8) is 0 Å². The Morgan fingerprint density at radius 1 is 1.35 bits per heavy atom. The molecular formula is C17H22N2O4. The zero-order valence-corrected chi connectivity index (χ0v) is 13.3. The zero-order chi connectivity index (χ0) is 16.1. The highest BCUT2D eigenvalue weighted by Gasteiger charge is 2.22. The third-order valence-electron chi connectivity index (χ3n) is 4.33. The number of amides is 1. The van der Waals surface area contributed by atoms with Gasteiger partial charge < -0.3 is 19.6 Å². The standard InChI is InChI=1S/C17H22N2O4/c1-12-4-2-3-5-14(12)19-17(20)10-23-18-9-13-6-7-15-16(8-13)22-11-21-15/h6-9,12,14H,2-5,10-11H2,1H3,(H,19,20). The molecule has 0 aromatic heterocycles. The van der Waals surface area contributed by atoms with Crippen LogP contribution in [0.4, 0.5) is 0 Å². The van der Waals surface area contributed by atoms with Crippen LogP contribution in [0.1, 0.15) is 38.2 Å². The first kappa shape index (κ1) is 15.6. The number of rotatable bonds is 5. The van der Waals surface area contributed by atoms with Gasteiger partial charge in [-0.15, -0.1) is 0 Å². The number of fused-ring (bicyclic) bond motifs is 1. The molecule has 124 valence electrons. The summed E-state index contributed by atoms with van der Waals surface area (Å²) in [5.41, 5.74) is 0.829. The molecule has 1 aliphatic carbocycles. The van der Waals surface area contributed by atoms with Gasteiger partial charge in [-0.05, 0) is 37.0 Å². The normalized spacial score (nSPS) is 23.0. The molecule has 2 aliphatic rings. The SMILES string of the molecule is CC1CCCCC1NC(=O)CON=Cc1ccc2c(c1)OCO2. The van der Waals surface area contributed by atoms with Crippen molar-refractivity contribution >= 4 is 12.1 Å². The molecule has 2 atom stereocenters. The fourth-order valence-corrected chi connectivity index (χ4v) is 2.97. The average Bonchev–Trinajstić information content (AvgIpc) is 3.01. The van der Waals surface area contributed by atoms with Gasteiger partial charge in [0.15, 0.2) is 18.1 Å². The summed E-state index contributed by atoms with van der Waals surface area (Å²) in [5.74, 6) is 1.83. The predicted molar refractivity (Wildman–Crippen MR) is 85.7 cm³/mol. The number of hydrogen-bond donors (Lipinski definition) is 1. The second-order valence-electron chi connectivity index (χ2n) is 6.06. The molecule has 23 heavy (non-hydrogen) atoms. The number of ether oxygens (including phenoxy) is 2. The number of carbonyl (C=O) groups is 1. The largest absolute Gasteiger partial charge is 0.454 e. The molecule has 1 N–H and O–H groups in total. The first-order valence-corrected chi connectivity index (χ1v) is 8.07. The first-order valence-electron chi connectivity index (χ1n) is 8.07. The van der Waals surface area contributed by atoms with Gasteiger partial charge in [0.05, 0.1) is 6.21 Å². The number of nitrogens with zero attached hydrogens (tertiary/aromatic N) is 1. The Bertz CT molecular complexity index is 588. The monoisotopic (exact) mass is 318 g/mol. The molecule has 0 radical (unpaired) electrons. The van der Waals surface area contributed by atoms with Gasteiger partial charge in [0.2, 0.25) is 6.79 Å². The van der Waals surface area contributed by atoms with Crippen molar-refractivity contribution in [1.29, 1.82) is 0 Å². The van der Waals surface area contributed by atoms with Crippen molar-refractivity contribution in [2.75, 3.05) is 13.4 Å². The summed E-state index contributed by atoms with van der Waals surface area (Å²) in [6, 6.07) is 5.75. The number of oxime groups is 1. The van der Waals surface area contributed by atoms with Crippen molar-refractivity contribution in [1.82, 2.24) is 5.32 Å². The van der Waals surface area contributed by atoms with E-state index in [1.165, 1.54) is 19.3 Å². The summed E-state index contributed by atoms with van der Waals surface area (Å²) in [6.45, 7) is 2.36. The summed E-state index contributed by atoms with van der Waals surface area (Å²) >= 11 is 0. The summed E-state index contributed by atoms with van der Waals surface area (Å²) < 4.78 is 10.5. The van der Waals surface area contributed by atoms with Gasteiger partial charge in [0.1, 0.15) is 0 Å². The van der Waals surface area contributed by atoms with Gasteiger partial charge in [-0.3, -0.25) is 4.79 Å². The molecular weight excluding hydrogens is 296 g/mol. The molecule has 1 heterocycles. The van der Waals surface area contributed by atoms with E-state index >= 15 is 0 Å². The van der Waals surface area contributed by atoms with E-state index in [2.05, 4.69) is 17.4 Å². The maximum absolute atomic E-state index is 11.9. The Labute approximate surface area is 135 Å². The molecule has 0 saturated heterocycles. The van der Waals surface area contributed by atoms with Crippen LogP contribution in [0.25, 0.3) is 0 Å².